The lowest BCUT2D eigenvalue weighted by molar-refractivity contribution is -0.116. The predicted octanol–water partition coefficient (Wildman–Crippen LogP) is 1.14. The number of hydroxylamine groups is 2. The number of hydrogen-bond donors (Lipinski definition) is 1. The summed E-state index contributed by atoms with van der Waals surface area (Å²) < 4.78 is 0. The smallest absolute Gasteiger partial charge is 0.0575 e. The number of rotatable bonds is 4. The summed E-state index contributed by atoms with van der Waals surface area (Å²) in [5.41, 5.74) is 7.87. The topological polar surface area (TPSA) is 38.5 Å². The van der Waals surface area contributed by atoms with E-state index in [1.807, 2.05) is 19.2 Å². The summed E-state index contributed by atoms with van der Waals surface area (Å²) in [4.78, 5) is 5.02. The third-order valence-electron chi connectivity index (χ3n) is 1.98. The average molecular weight is 180 g/mol. The molecule has 0 radical (unpaired) electrons. The van der Waals surface area contributed by atoms with Gasteiger partial charge >= 0.3 is 0 Å². The Hall–Kier alpha value is -0.900. The van der Waals surface area contributed by atoms with Crippen molar-refractivity contribution in [1.29, 1.82) is 0 Å². The van der Waals surface area contributed by atoms with Gasteiger partial charge in [-0.2, -0.15) is 5.06 Å². The SMILES string of the molecule is CON(C)Cc1ccc(CN)cc1. The zero-order chi connectivity index (χ0) is 9.68. The van der Waals surface area contributed by atoms with Gasteiger partial charge in [-0.15, -0.1) is 0 Å². The molecule has 0 fully saturated rings. The second-order valence-electron chi connectivity index (χ2n) is 2.99. The van der Waals surface area contributed by atoms with E-state index < -0.39 is 0 Å². The molecule has 1 rings (SSSR count). The molecule has 0 bridgehead atoms. The van der Waals surface area contributed by atoms with Crippen LogP contribution in [0.25, 0.3) is 0 Å². The number of nitrogens with zero attached hydrogens (tertiary/aromatic N) is 1. The quantitative estimate of drug-likeness (QED) is 0.706. The van der Waals surface area contributed by atoms with Crippen LogP contribution in [0.4, 0.5) is 0 Å². The van der Waals surface area contributed by atoms with Crippen LogP contribution in [0, 0.1) is 0 Å². The van der Waals surface area contributed by atoms with Gasteiger partial charge in [-0.05, 0) is 11.1 Å². The average Bonchev–Trinajstić information content (AvgIpc) is 2.19. The summed E-state index contributed by atoms with van der Waals surface area (Å²) in [6, 6.07) is 8.22. The molecule has 3 nitrogen and oxygen atoms in total. The highest BCUT2D eigenvalue weighted by atomic mass is 16.7. The fraction of sp³-hybridized carbons (Fsp3) is 0.400. The van der Waals surface area contributed by atoms with Gasteiger partial charge in [0.15, 0.2) is 0 Å². The maximum absolute atomic E-state index is 5.49. The molecule has 72 valence electrons. The Labute approximate surface area is 79.1 Å². The molecule has 13 heavy (non-hydrogen) atoms. The van der Waals surface area contributed by atoms with Gasteiger partial charge in [-0.3, -0.25) is 0 Å². The Bertz CT molecular complexity index is 246. The van der Waals surface area contributed by atoms with Gasteiger partial charge < -0.3 is 10.6 Å². The molecule has 3 heteroatoms. The number of nitrogens with two attached hydrogens (primary N) is 1. The lowest BCUT2D eigenvalue weighted by Crippen LogP contribution is -2.15. The van der Waals surface area contributed by atoms with Gasteiger partial charge in [0.25, 0.3) is 0 Å². The van der Waals surface area contributed by atoms with Gasteiger partial charge in [0, 0.05) is 20.1 Å². The first kappa shape index (κ1) is 10.2. The standard InChI is InChI=1S/C10H16N2O/c1-12(13-2)8-10-5-3-9(7-11)4-6-10/h3-6H,7-8,11H2,1-2H3. The Morgan fingerprint density at radius 2 is 1.77 bits per heavy atom. The van der Waals surface area contributed by atoms with Gasteiger partial charge in [0.1, 0.15) is 0 Å². The van der Waals surface area contributed by atoms with Crippen molar-refractivity contribution in [3.05, 3.63) is 35.4 Å². The van der Waals surface area contributed by atoms with Gasteiger partial charge in [-0.1, -0.05) is 24.3 Å². The Balaban J connectivity index is 2.58. The van der Waals surface area contributed by atoms with E-state index in [1.54, 1.807) is 12.2 Å². The van der Waals surface area contributed by atoms with E-state index in [0.29, 0.717) is 6.54 Å². The highest BCUT2D eigenvalue weighted by Crippen LogP contribution is 2.05. The van der Waals surface area contributed by atoms with Crippen molar-refractivity contribution in [2.75, 3.05) is 14.2 Å². The van der Waals surface area contributed by atoms with E-state index in [0.717, 1.165) is 12.1 Å². The molecule has 0 aliphatic carbocycles. The van der Waals surface area contributed by atoms with Crippen molar-refractivity contribution in [2.24, 2.45) is 5.73 Å². The monoisotopic (exact) mass is 180 g/mol. The molecule has 1 aromatic carbocycles. The molecule has 0 aliphatic rings. The lowest BCUT2D eigenvalue weighted by Gasteiger charge is -2.13. The minimum Gasteiger partial charge on any atom is -0.326 e. The maximum atomic E-state index is 5.49. The molecule has 1 aromatic rings. The highest BCUT2D eigenvalue weighted by molar-refractivity contribution is 5.21. The van der Waals surface area contributed by atoms with E-state index >= 15 is 0 Å². The van der Waals surface area contributed by atoms with Gasteiger partial charge in [-0.25, -0.2) is 0 Å². The second-order valence-corrected chi connectivity index (χ2v) is 2.99. The van der Waals surface area contributed by atoms with Crippen LogP contribution in [-0.2, 0) is 17.9 Å². The van der Waals surface area contributed by atoms with Crippen molar-refractivity contribution in [3.63, 3.8) is 0 Å². The van der Waals surface area contributed by atoms with Crippen LogP contribution in [0.5, 0.6) is 0 Å². The van der Waals surface area contributed by atoms with E-state index in [9.17, 15) is 0 Å². The van der Waals surface area contributed by atoms with Crippen LogP contribution in [0.15, 0.2) is 24.3 Å². The van der Waals surface area contributed by atoms with Crippen LogP contribution in [-0.4, -0.2) is 19.2 Å². The molecule has 0 aromatic heterocycles. The van der Waals surface area contributed by atoms with E-state index in [-0.39, 0.29) is 0 Å². The zero-order valence-electron chi connectivity index (χ0n) is 8.16. The predicted molar refractivity (Wildman–Crippen MR) is 52.8 cm³/mol. The normalized spacial score (nSPS) is 10.8. The van der Waals surface area contributed by atoms with Crippen molar-refractivity contribution < 1.29 is 4.84 Å². The molecule has 0 spiro atoms. The zero-order valence-corrected chi connectivity index (χ0v) is 8.16. The lowest BCUT2D eigenvalue weighted by atomic mass is 10.1. The van der Waals surface area contributed by atoms with Crippen molar-refractivity contribution in [2.45, 2.75) is 13.1 Å². The largest absolute Gasteiger partial charge is 0.326 e. The van der Waals surface area contributed by atoms with Gasteiger partial charge in [0.2, 0.25) is 0 Å². The van der Waals surface area contributed by atoms with E-state index in [4.69, 9.17) is 10.6 Å². The minimum atomic E-state index is 0.598. The molecule has 0 unspecified atom stereocenters. The Morgan fingerprint density at radius 3 is 2.23 bits per heavy atom. The maximum Gasteiger partial charge on any atom is 0.0575 e. The first-order valence-corrected chi connectivity index (χ1v) is 4.29. The van der Waals surface area contributed by atoms with Crippen molar-refractivity contribution in [3.8, 4) is 0 Å². The van der Waals surface area contributed by atoms with Crippen molar-refractivity contribution in [1.82, 2.24) is 5.06 Å². The minimum absolute atomic E-state index is 0.598. The summed E-state index contributed by atoms with van der Waals surface area (Å²) in [5.74, 6) is 0. The van der Waals surface area contributed by atoms with E-state index in [1.165, 1.54) is 5.56 Å². The second kappa shape index (κ2) is 4.97. The molecule has 0 saturated heterocycles. The van der Waals surface area contributed by atoms with Crippen LogP contribution in [0.2, 0.25) is 0 Å². The van der Waals surface area contributed by atoms with E-state index in [2.05, 4.69) is 12.1 Å². The van der Waals surface area contributed by atoms with Crippen LogP contribution in [0.3, 0.4) is 0 Å². The highest BCUT2D eigenvalue weighted by Gasteiger charge is 1.97. The summed E-state index contributed by atoms with van der Waals surface area (Å²) in [7, 11) is 3.56. The van der Waals surface area contributed by atoms with Gasteiger partial charge in [0.05, 0.1) is 7.11 Å². The third kappa shape index (κ3) is 3.14. The summed E-state index contributed by atoms with van der Waals surface area (Å²) >= 11 is 0. The molecule has 2 N–H and O–H groups in total. The number of benzene rings is 1. The first-order chi connectivity index (χ1) is 6.26. The molecule has 0 heterocycles. The third-order valence-corrected chi connectivity index (χ3v) is 1.98. The fourth-order valence-electron chi connectivity index (χ4n) is 1.10. The van der Waals surface area contributed by atoms with Crippen LogP contribution >= 0.6 is 0 Å². The molecular weight excluding hydrogens is 164 g/mol. The van der Waals surface area contributed by atoms with Crippen LogP contribution in [0.1, 0.15) is 11.1 Å². The Morgan fingerprint density at radius 1 is 1.23 bits per heavy atom. The molecule has 0 atom stereocenters. The van der Waals surface area contributed by atoms with Crippen LogP contribution < -0.4 is 5.73 Å². The molecule has 0 aliphatic heterocycles. The first-order valence-electron chi connectivity index (χ1n) is 4.29. The summed E-state index contributed by atoms with van der Waals surface area (Å²) in [6.45, 7) is 1.39. The molecule has 0 saturated carbocycles. The summed E-state index contributed by atoms with van der Waals surface area (Å²) in [5, 5.41) is 1.78. The Kier molecular flexibility index (Phi) is 3.89. The molecular formula is C10H16N2O. The number of hydrogen-bond acceptors (Lipinski definition) is 3. The van der Waals surface area contributed by atoms with Crippen molar-refractivity contribution >= 4 is 0 Å². The fourth-order valence-corrected chi connectivity index (χ4v) is 1.10. The molecule has 0 amide bonds. The summed E-state index contributed by atoms with van der Waals surface area (Å²) in [6.07, 6.45) is 0.